The minimum absolute atomic E-state index is 0. The fourth-order valence-electron chi connectivity index (χ4n) is 2.29. The summed E-state index contributed by atoms with van der Waals surface area (Å²) < 4.78 is 17.6. The van der Waals surface area contributed by atoms with Crippen LogP contribution in [0.4, 0.5) is 0 Å². The molecule has 5 nitrogen and oxygen atoms in total. The maximum Gasteiger partial charge on any atom is 0.540 e. The molecule has 140 valence electrons. The molecule has 0 atom stereocenters. The fraction of sp³-hybridized carbons (Fsp3) is 0.375. The molecule has 25 heavy (non-hydrogen) atoms. The van der Waals surface area contributed by atoms with Gasteiger partial charge in [0, 0.05) is 53.3 Å². The Morgan fingerprint density at radius 1 is 0.920 bits per heavy atom. The Balaban J connectivity index is 0.00000312. The summed E-state index contributed by atoms with van der Waals surface area (Å²) in [5.41, 5.74) is 1.16. The molecular weight excluding hydrogens is 562 g/mol. The Morgan fingerprint density at radius 3 is 2.00 bits per heavy atom. The molecule has 2 heterocycles. The molecular formula is C16H20Cl2N2O3PtSi. The minimum atomic E-state index is -3.17. The smallest absolute Gasteiger partial charge is 0.370 e. The van der Waals surface area contributed by atoms with E-state index in [1.807, 2.05) is 39.0 Å². The summed E-state index contributed by atoms with van der Waals surface area (Å²) in [6, 6.07) is 5.51. The predicted molar refractivity (Wildman–Crippen MR) is 97.8 cm³/mol. The normalized spacial score (nSPS) is 11.2. The molecule has 0 N–H and O–H groups in total. The van der Waals surface area contributed by atoms with Crippen LogP contribution >= 0.6 is 23.2 Å². The zero-order chi connectivity index (χ0) is 17.6. The molecule has 0 amide bonds. The number of rotatable bonds is 8. The first-order valence-corrected chi connectivity index (χ1v) is 10.2. The molecule has 0 aliphatic heterocycles. The second-order valence-corrected chi connectivity index (χ2v) is 7.99. The SMILES string of the molecule is CCO[Si](OCC)(OCC)c1cnc(-c2ccccn2)c(Cl)c1Cl.[Pt]. The Hall–Kier alpha value is -0.335. The van der Waals surface area contributed by atoms with E-state index in [-0.39, 0.29) is 21.1 Å². The van der Waals surface area contributed by atoms with Crippen molar-refractivity contribution in [2.45, 2.75) is 20.8 Å². The number of hydrogen-bond donors (Lipinski definition) is 0. The first kappa shape index (κ1) is 22.7. The largest absolute Gasteiger partial charge is 0.540 e. The summed E-state index contributed by atoms with van der Waals surface area (Å²) in [4.78, 5) is 8.70. The third kappa shape index (κ3) is 5.10. The van der Waals surface area contributed by atoms with Crippen LogP contribution in [-0.4, -0.2) is 38.6 Å². The minimum Gasteiger partial charge on any atom is -0.370 e. The van der Waals surface area contributed by atoms with Crippen molar-refractivity contribution < 1.29 is 34.3 Å². The van der Waals surface area contributed by atoms with Crippen molar-refractivity contribution in [2.75, 3.05) is 19.8 Å². The van der Waals surface area contributed by atoms with Crippen LogP contribution < -0.4 is 5.19 Å². The van der Waals surface area contributed by atoms with E-state index in [0.29, 0.717) is 46.4 Å². The molecule has 0 bridgehead atoms. The van der Waals surface area contributed by atoms with Gasteiger partial charge in [0.05, 0.1) is 20.9 Å². The quantitative estimate of drug-likeness (QED) is 0.445. The molecule has 0 aliphatic carbocycles. The van der Waals surface area contributed by atoms with Gasteiger partial charge in [0.2, 0.25) is 0 Å². The van der Waals surface area contributed by atoms with Crippen molar-refractivity contribution in [1.29, 1.82) is 0 Å². The van der Waals surface area contributed by atoms with Gasteiger partial charge in [0.1, 0.15) is 5.69 Å². The molecule has 0 radical (unpaired) electrons. The molecule has 2 aromatic heterocycles. The topological polar surface area (TPSA) is 53.5 Å². The van der Waals surface area contributed by atoms with Crippen LogP contribution in [0.25, 0.3) is 11.4 Å². The van der Waals surface area contributed by atoms with Crippen LogP contribution in [0, 0.1) is 0 Å². The summed E-state index contributed by atoms with van der Waals surface area (Å²) in [5.74, 6) is 0. The van der Waals surface area contributed by atoms with Gasteiger partial charge in [-0.15, -0.1) is 0 Å². The monoisotopic (exact) mass is 581 g/mol. The molecule has 0 spiro atoms. The van der Waals surface area contributed by atoms with Crippen molar-refractivity contribution in [3.63, 3.8) is 0 Å². The van der Waals surface area contributed by atoms with E-state index in [9.17, 15) is 0 Å². The van der Waals surface area contributed by atoms with Gasteiger partial charge >= 0.3 is 8.80 Å². The molecule has 0 fully saturated rings. The second kappa shape index (κ2) is 10.7. The van der Waals surface area contributed by atoms with Gasteiger partial charge in [0.15, 0.2) is 0 Å². The van der Waals surface area contributed by atoms with Crippen LogP contribution in [0.2, 0.25) is 10.0 Å². The van der Waals surface area contributed by atoms with Gasteiger partial charge < -0.3 is 13.3 Å². The van der Waals surface area contributed by atoms with Gasteiger partial charge in [0.25, 0.3) is 0 Å². The zero-order valence-electron chi connectivity index (χ0n) is 14.2. The Kier molecular flexibility index (Phi) is 9.74. The molecule has 2 rings (SSSR count). The fourth-order valence-corrected chi connectivity index (χ4v) is 5.57. The molecule has 9 heteroatoms. The Morgan fingerprint density at radius 2 is 1.52 bits per heavy atom. The van der Waals surface area contributed by atoms with E-state index >= 15 is 0 Å². The van der Waals surface area contributed by atoms with Gasteiger partial charge in [-0.05, 0) is 32.9 Å². The summed E-state index contributed by atoms with van der Waals surface area (Å²) in [6.07, 6.45) is 3.29. The summed E-state index contributed by atoms with van der Waals surface area (Å²) >= 11 is 13.0. The first-order valence-electron chi connectivity index (χ1n) is 7.77. The Bertz CT molecular complexity index is 663. The van der Waals surface area contributed by atoms with E-state index in [2.05, 4.69) is 9.97 Å². The number of pyridine rings is 2. The van der Waals surface area contributed by atoms with Crippen LogP contribution in [0.5, 0.6) is 0 Å². The second-order valence-electron chi connectivity index (χ2n) is 4.72. The number of aromatic nitrogens is 2. The van der Waals surface area contributed by atoms with E-state index in [1.165, 1.54) is 0 Å². The summed E-state index contributed by atoms with van der Waals surface area (Å²) in [6.45, 7) is 6.94. The summed E-state index contributed by atoms with van der Waals surface area (Å²) in [5, 5.41) is 1.21. The molecule has 0 unspecified atom stereocenters. The number of nitrogens with zero attached hydrogens (tertiary/aromatic N) is 2. The van der Waals surface area contributed by atoms with Crippen LogP contribution in [-0.2, 0) is 34.3 Å². The van der Waals surface area contributed by atoms with Crippen molar-refractivity contribution in [3.8, 4) is 11.4 Å². The third-order valence-electron chi connectivity index (χ3n) is 3.20. The van der Waals surface area contributed by atoms with Crippen molar-refractivity contribution in [3.05, 3.63) is 40.6 Å². The van der Waals surface area contributed by atoms with E-state index < -0.39 is 8.80 Å². The van der Waals surface area contributed by atoms with Crippen molar-refractivity contribution >= 4 is 37.2 Å². The van der Waals surface area contributed by atoms with Crippen molar-refractivity contribution in [2.24, 2.45) is 0 Å². The Labute approximate surface area is 173 Å². The van der Waals surface area contributed by atoms with Gasteiger partial charge in [-0.1, -0.05) is 29.3 Å². The average Bonchev–Trinajstić information content (AvgIpc) is 2.58. The van der Waals surface area contributed by atoms with Gasteiger partial charge in [-0.2, -0.15) is 0 Å². The van der Waals surface area contributed by atoms with Crippen LogP contribution in [0.1, 0.15) is 20.8 Å². The van der Waals surface area contributed by atoms with E-state index in [4.69, 9.17) is 36.5 Å². The van der Waals surface area contributed by atoms with E-state index in [0.717, 1.165) is 0 Å². The van der Waals surface area contributed by atoms with Crippen LogP contribution in [0.3, 0.4) is 0 Å². The third-order valence-corrected chi connectivity index (χ3v) is 7.26. The van der Waals surface area contributed by atoms with Crippen LogP contribution in [0.15, 0.2) is 30.6 Å². The average molecular weight is 582 g/mol. The molecule has 0 aliphatic rings. The maximum absolute atomic E-state index is 6.53. The number of halogens is 2. The number of hydrogen-bond acceptors (Lipinski definition) is 5. The maximum atomic E-state index is 6.53. The van der Waals surface area contributed by atoms with Gasteiger partial charge in [-0.3, -0.25) is 9.97 Å². The zero-order valence-corrected chi connectivity index (χ0v) is 19.0. The molecule has 0 saturated carbocycles. The van der Waals surface area contributed by atoms with Gasteiger partial charge in [-0.25, -0.2) is 0 Å². The summed E-state index contributed by atoms with van der Waals surface area (Å²) in [7, 11) is -3.17. The molecule has 2 aromatic rings. The van der Waals surface area contributed by atoms with Crippen molar-refractivity contribution in [1.82, 2.24) is 9.97 Å². The first-order chi connectivity index (χ1) is 11.6. The molecule has 0 saturated heterocycles. The standard InChI is InChI=1S/C16H20Cl2N2O3Si.Pt/c1-4-21-24(22-5-2,23-6-3)13-11-20-16(15(18)14(13)17)12-9-7-8-10-19-12;/h7-11H,4-6H2,1-3H3;. The predicted octanol–water partition coefficient (Wildman–Crippen LogP) is 3.70. The van der Waals surface area contributed by atoms with E-state index in [1.54, 1.807) is 12.4 Å². The molecule has 0 aromatic carbocycles.